The zero-order valence-corrected chi connectivity index (χ0v) is 16.8. The molecular formula is C21H13Cl2N5O2. The normalized spacial score (nSPS) is 22.4. The Balaban J connectivity index is 2.40. The molecule has 1 aliphatic carbocycles. The van der Waals surface area contributed by atoms with Gasteiger partial charge in [0.05, 0.1) is 41.3 Å². The Morgan fingerprint density at radius 3 is 1.80 bits per heavy atom. The van der Waals surface area contributed by atoms with Crippen LogP contribution in [0.2, 0.25) is 10.0 Å². The first kappa shape index (κ1) is 21.1. The molecule has 30 heavy (non-hydrogen) atoms. The number of nitro groups is 1. The van der Waals surface area contributed by atoms with E-state index in [0.717, 1.165) is 0 Å². The average molecular weight is 438 g/mol. The SMILES string of the molecule is N#CC1=C(N)C(C#N)(C#N)C(c2ccc(Cl)cc2)C([N+](=O)[O-])C1c1ccc(Cl)cc1. The predicted octanol–water partition coefficient (Wildman–Crippen LogP) is 4.29. The van der Waals surface area contributed by atoms with E-state index in [-0.39, 0.29) is 11.3 Å². The highest BCUT2D eigenvalue weighted by Crippen LogP contribution is 2.54. The Bertz CT molecular complexity index is 1140. The number of nitriles is 3. The Morgan fingerprint density at radius 2 is 1.40 bits per heavy atom. The lowest BCUT2D eigenvalue weighted by Gasteiger charge is -2.40. The summed E-state index contributed by atoms with van der Waals surface area (Å²) in [6, 6.07) is 16.4. The minimum atomic E-state index is -2.10. The number of allylic oxidation sites excluding steroid dienone is 1. The van der Waals surface area contributed by atoms with Crippen LogP contribution in [0.1, 0.15) is 23.0 Å². The topological polar surface area (TPSA) is 141 Å². The molecule has 0 fully saturated rings. The summed E-state index contributed by atoms with van der Waals surface area (Å²) in [5.74, 6) is -2.31. The van der Waals surface area contributed by atoms with Crippen LogP contribution in [0.15, 0.2) is 59.8 Å². The summed E-state index contributed by atoms with van der Waals surface area (Å²) in [7, 11) is 0. The molecule has 0 aliphatic heterocycles. The first-order valence-electron chi connectivity index (χ1n) is 8.67. The molecule has 3 rings (SSSR count). The highest BCUT2D eigenvalue weighted by Gasteiger charge is 2.61. The lowest BCUT2D eigenvalue weighted by atomic mass is 9.58. The molecule has 0 radical (unpaired) electrons. The van der Waals surface area contributed by atoms with Gasteiger partial charge < -0.3 is 5.73 Å². The van der Waals surface area contributed by atoms with Gasteiger partial charge in [0.25, 0.3) is 0 Å². The maximum Gasteiger partial charge on any atom is 0.234 e. The summed E-state index contributed by atoms with van der Waals surface area (Å²) < 4.78 is 0. The number of benzene rings is 2. The Labute approximate surface area is 182 Å². The summed E-state index contributed by atoms with van der Waals surface area (Å²) in [5.41, 5.74) is 4.43. The molecule has 3 atom stereocenters. The van der Waals surface area contributed by atoms with E-state index in [1.165, 1.54) is 24.3 Å². The van der Waals surface area contributed by atoms with Crippen molar-refractivity contribution in [1.82, 2.24) is 0 Å². The van der Waals surface area contributed by atoms with Gasteiger partial charge in [-0.2, -0.15) is 15.8 Å². The first-order valence-corrected chi connectivity index (χ1v) is 9.43. The fraction of sp³-hybridized carbons (Fsp3) is 0.190. The van der Waals surface area contributed by atoms with E-state index in [4.69, 9.17) is 28.9 Å². The fourth-order valence-electron chi connectivity index (χ4n) is 3.98. The van der Waals surface area contributed by atoms with Crippen LogP contribution in [-0.2, 0) is 0 Å². The van der Waals surface area contributed by atoms with Crippen LogP contribution in [-0.4, -0.2) is 11.0 Å². The fourth-order valence-corrected chi connectivity index (χ4v) is 4.23. The molecule has 9 heteroatoms. The van der Waals surface area contributed by atoms with E-state index in [0.29, 0.717) is 21.2 Å². The van der Waals surface area contributed by atoms with Gasteiger partial charge in [-0.15, -0.1) is 0 Å². The molecule has 2 aromatic rings. The van der Waals surface area contributed by atoms with Gasteiger partial charge in [-0.1, -0.05) is 47.5 Å². The van der Waals surface area contributed by atoms with E-state index in [2.05, 4.69) is 0 Å². The smallest absolute Gasteiger partial charge is 0.234 e. The van der Waals surface area contributed by atoms with Gasteiger partial charge in [0.1, 0.15) is 0 Å². The van der Waals surface area contributed by atoms with Crippen molar-refractivity contribution in [3.05, 3.63) is 91.1 Å². The van der Waals surface area contributed by atoms with Crippen LogP contribution in [0, 0.1) is 49.5 Å². The van der Waals surface area contributed by atoms with Crippen LogP contribution < -0.4 is 5.73 Å². The quantitative estimate of drug-likeness (QED) is 0.560. The average Bonchev–Trinajstić information content (AvgIpc) is 2.74. The third kappa shape index (κ3) is 3.23. The highest BCUT2D eigenvalue weighted by atomic mass is 35.5. The van der Waals surface area contributed by atoms with Crippen LogP contribution >= 0.6 is 23.2 Å². The third-order valence-corrected chi connectivity index (χ3v) is 5.85. The van der Waals surface area contributed by atoms with Gasteiger partial charge in [-0.25, -0.2) is 0 Å². The summed E-state index contributed by atoms with van der Waals surface area (Å²) in [6.45, 7) is 0. The van der Waals surface area contributed by atoms with Crippen molar-refractivity contribution in [2.75, 3.05) is 0 Å². The van der Waals surface area contributed by atoms with E-state index in [1.807, 2.05) is 18.2 Å². The molecule has 7 nitrogen and oxygen atoms in total. The molecule has 0 saturated carbocycles. The van der Waals surface area contributed by atoms with Crippen LogP contribution in [0.3, 0.4) is 0 Å². The molecule has 0 spiro atoms. The zero-order chi connectivity index (χ0) is 22.1. The van der Waals surface area contributed by atoms with Crippen molar-refractivity contribution in [3.63, 3.8) is 0 Å². The number of hydrogen-bond acceptors (Lipinski definition) is 6. The summed E-state index contributed by atoms with van der Waals surface area (Å²) in [6.07, 6.45) is 0. The van der Waals surface area contributed by atoms with Gasteiger partial charge in [-0.05, 0) is 35.4 Å². The summed E-state index contributed by atoms with van der Waals surface area (Å²) in [5, 5.41) is 42.8. The molecule has 0 heterocycles. The molecular weight excluding hydrogens is 425 g/mol. The second-order valence-electron chi connectivity index (χ2n) is 6.81. The summed E-state index contributed by atoms with van der Waals surface area (Å²) in [4.78, 5) is 11.7. The van der Waals surface area contributed by atoms with Crippen molar-refractivity contribution < 1.29 is 4.92 Å². The molecule has 2 aromatic carbocycles. The van der Waals surface area contributed by atoms with Gasteiger partial charge in [0.2, 0.25) is 6.04 Å². The molecule has 0 saturated heterocycles. The lowest BCUT2D eigenvalue weighted by Crippen LogP contribution is -2.50. The van der Waals surface area contributed by atoms with Crippen molar-refractivity contribution in [1.29, 1.82) is 15.8 Å². The van der Waals surface area contributed by atoms with E-state index in [9.17, 15) is 25.9 Å². The maximum absolute atomic E-state index is 12.3. The minimum Gasteiger partial charge on any atom is -0.399 e. The molecule has 0 aromatic heterocycles. The maximum atomic E-state index is 12.3. The summed E-state index contributed by atoms with van der Waals surface area (Å²) >= 11 is 11.9. The van der Waals surface area contributed by atoms with Crippen LogP contribution in [0.4, 0.5) is 0 Å². The largest absolute Gasteiger partial charge is 0.399 e. The molecule has 1 aliphatic rings. The molecule has 0 amide bonds. The molecule has 3 unspecified atom stereocenters. The highest BCUT2D eigenvalue weighted by molar-refractivity contribution is 6.30. The zero-order valence-electron chi connectivity index (χ0n) is 15.3. The van der Waals surface area contributed by atoms with Gasteiger partial charge in [0.15, 0.2) is 5.41 Å². The Kier molecular flexibility index (Phi) is 5.67. The number of halogens is 2. The number of hydrogen-bond donors (Lipinski definition) is 1. The van der Waals surface area contributed by atoms with Crippen molar-refractivity contribution in [2.24, 2.45) is 11.1 Å². The predicted molar refractivity (Wildman–Crippen MR) is 110 cm³/mol. The second-order valence-corrected chi connectivity index (χ2v) is 7.68. The Hall–Kier alpha value is -3.57. The van der Waals surface area contributed by atoms with Gasteiger partial charge >= 0.3 is 0 Å². The molecule has 2 N–H and O–H groups in total. The lowest BCUT2D eigenvalue weighted by molar-refractivity contribution is -0.532. The van der Waals surface area contributed by atoms with Crippen molar-refractivity contribution >= 4 is 23.2 Å². The van der Waals surface area contributed by atoms with Gasteiger partial charge in [-0.3, -0.25) is 10.1 Å². The van der Waals surface area contributed by atoms with Crippen molar-refractivity contribution in [2.45, 2.75) is 17.9 Å². The second kappa shape index (κ2) is 8.05. The van der Waals surface area contributed by atoms with Gasteiger partial charge in [0, 0.05) is 15.0 Å². The molecule has 0 bridgehead atoms. The van der Waals surface area contributed by atoms with Crippen LogP contribution in [0.25, 0.3) is 0 Å². The molecule has 148 valence electrons. The number of nitrogens with two attached hydrogens (primary N) is 1. The standard InChI is InChI=1S/C21H13Cl2N5O2/c22-14-5-1-12(2-6-14)17-16(9-24)20(27)21(10-25,11-26)18(19(17)28(29)30)13-3-7-15(23)8-4-13/h1-8,17-19H,27H2. The van der Waals surface area contributed by atoms with E-state index >= 15 is 0 Å². The number of nitrogens with zero attached hydrogens (tertiary/aromatic N) is 4. The van der Waals surface area contributed by atoms with Crippen molar-refractivity contribution in [3.8, 4) is 18.2 Å². The first-order chi connectivity index (χ1) is 14.3. The Morgan fingerprint density at radius 1 is 0.933 bits per heavy atom. The monoisotopic (exact) mass is 437 g/mol. The third-order valence-electron chi connectivity index (χ3n) is 5.35. The van der Waals surface area contributed by atoms with Crippen LogP contribution in [0.5, 0.6) is 0 Å². The van der Waals surface area contributed by atoms with E-state index in [1.54, 1.807) is 24.3 Å². The minimum absolute atomic E-state index is 0.174. The van der Waals surface area contributed by atoms with E-state index < -0.39 is 28.2 Å². The number of rotatable bonds is 3.